The van der Waals surface area contributed by atoms with Gasteiger partial charge in [-0.05, 0) is 54.1 Å². The van der Waals surface area contributed by atoms with Gasteiger partial charge in [-0.1, -0.05) is 29.8 Å². The van der Waals surface area contributed by atoms with Crippen LogP contribution in [-0.4, -0.2) is 19.2 Å². The summed E-state index contributed by atoms with van der Waals surface area (Å²) in [6.45, 7) is 0. The van der Waals surface area contributed by atoms with E-state index in [-0.39, 0.29) is 21.9 Å². The molecule has 0 unspecified atom stereocenters. The van der Waals surface area contributed by atoms with Gasteiger partial charge in [0.05, 0.1) is 4.92 Å². The van der Waals surface area contributed by atoms with E-state index in [0.29, 0.717) is 16.3 Å². The number of halogens is 1. The third-order valence-electron chi connectivity index (χ3n) is 4.18. The first-order valence-corrected chi connectivity index (χ1v) is 10.9. The highest BCUT2D eigenvalue weighted by atomic mass is 35.5. The molecule has 0 atom stereocenters. The lowest BCUT2D eigenvalue weighted by atomic mass is 10.1. The molecule has 0 aromatic heterocycles. The van der Waals surface area contributed by atoms with Crippen LogP contribution in [0, 0.1) is 21.4 Å². The summed E-state index contributed by atoms with van der Waals surface area (Å²) in [5, 5.41) is 23.3. The minimum absolute atomic E-state index is 0.0530. The van der Waals surface area contributed by atoms with Crippen molar-refractivity contribution in [3.63, 3.8) is 0 Å². The normalized spacial score (nSPS) is 11.3. The fourth-order valence-electron chi connectivity index (χ4n) is 2.59. The molecule has 0 aliphatic heterocycles. The molecule has 11 heteroatoms. The van der Waals surface area contributed by atoms with Gasteiger partial charge in [0.1, 0.15) is 22.3 Å². The van der Waals surface area contributed by atoms with Gasteiger partial charge in [0, 0.05) is 22.8 Å². The maximum atomic E-state index is 12.4. The van der Waals surface area contributed by atoms with Gasteiger partial charge >= 0.3 is 10.1 Å². The highest BCUT2D eigenvalue weighted by Gasteiger charge is 2.20. The molecular weight excluding hydrogens is 470 g/mol. The van der Waals surface area contributed by atoms with E-state index in [2.05, 4.69) is 5.32 Å². The van der Waals surface area contributed by atoms with Crippen LogP contribution in [0.25, 0.3) is 6.08 Å². The van der Waals surface area contributed by atoms with Gasteiger partial charge in [0.15, 0.2) is 0 Å². The fraction of sp³-hybridized carbons (Fsp3) is 0. The summed E-state index contributed by atoms with van der Waals surface area (Å²) in [5.41, 5.74) is 0.336. The second-order valence-electron chi connectivity index (χ2n) is 6.49. The number of carbonyl (C=O) groups is 1. The molecule has 3 aromatic carbocycles. The molecule has 1 N–H and O–H groups in total. The lowest BCUT2D eigenvalue weighted by Gasteiger charge is -2.07. The molecule has 0 spiro atoms. The van der Waals surface area contributed by atoms with Gasteiger partial charge in [-0.2, -0.15) is 13.7 Å². The predicted octanol–water partition coefficient (Wildman–Crippen LogP) is 4.56. The largest absolute Gasteiger partial charge is 0.379 e. The highest BCUT2D eigenvalue weighted by molar-refractivity contribution is 7.87. The van der Waals surface area contributed by atoms with Gasteiger partial charge in [-0.15, -0.1) is 0 Å². The first-order valence-electron chi connectivity index (χ1n) is 9.16. The molecule has 0 aliphatic rings. The van der Waals surface area contributed by atoms with Crippen molar-refractivity contribution in [1.29, 1.82) is 5.26 Å². The molecule has 0 aliphatic carbocycles. The summed E-state index contributed by atoms with van der Waals surface area (Å²) in [6, 6.07) is 18.2. The molecule has 1 amide bonds. The smallest absolute Gasteiger partial charge is 0.339 e. The number of rotatable bonds is 7. The van der Waals surface area contributed by atoms with Crippen molar-refractivity contribution < 1.29 is 22.3 Å². The van der Waals surface area contributed by atoms with E-state index in [4.69, 9.17) is 15.8 Å². The Labute approximate surface area is 193 Å². The van der Waals surface area contributed by atoms with Crippen LogP contribution < -0.4 is 9.50 Å². The average Bonchev–Trinajstić information content (AvgIpc) is 2.80. The van der Waals surface area contributed by atoms with Crippen molar-refractivity contribution in [3.8, 4) is 11.8 Å². The topological polar surface area (TPSA) is 139 Å². The molecular formula is C22H14ClN3O6S. The number of hydrogen-bond acceptors (Lipinski definition) is 7. The minimum atomic E-state index is -4.31. The van der Waals surface area contributed by atoms with E-state index in [1.165, 1.54) is 42.5 Å². The number of nitro benzene ring substituents is 1. The quantitative estimate of drug-likeness (QED) is 0.171. The summed E-state index contributed by atoms with van der Waals surface area (Å²) in [6.07, 6.45) is 1.32. The van der Waals surface area contributed by atoms with Gasteiger partial charge in [-0.25, -0.2) is 0 Å². The Bertz CT molecular complexity index is 1380. The lowest BCUT2D eigenvalue weighted by Crippen LogP contribution is -2.13. The van der Waals surface area contributed by atoms with Gasteiger partial charge in [-0.3, -0.25) is 14.9 Å². The van der Waals surface area contributed by atoms with Crippen molar-refractivity contribution in [2.45, 2.75) is 4.90 Å². The monoisotopic (exact) mass is 483 g/mol. The van der Waals surface area contributed by atoms with E-state index in [1.54, 1.807) is 24.3 Å². The molecule has 0 saturated carbocycles. The zero-order chi connectivity index (χ0) is 24.0. The van der Waals surface area contributed by atoms with Crippen molar-refractivity contribution in [2.75, 3.05) is 5.32 Å². The molecule has 0 bridgehead atoms. The zero-order valence-corrected chi connectivity index (χ0v) is 18.2. The maximum Gasteiger partial charge on any atom is 0.339 e. The van der Waals surface area contributed by atoms with E-state index in [1.807, 2.05) is 6.07 Å². The molecule has 0 heterocycles. The molecule has 0 radical (unpaired) electrons. The SMILES string of the molecule is N#C/C(=C/c1ccc(OS(=O)(=O)c2cccc([N+](=O)[O-])c2)cc1)C(=O)Nc1ccc(Cl)cc1. The molecule has 0 saturated heterocycles. The third-order valence-corrected chi connectivity index (χ3v) is 5.68. The fourth-order valence-corrected chi connectivity index (χ4v) is 3.69. The van der Waals surface area contributed by atoms with Crippen LogP contribution in [-0.2, 0) is 14.9 Å². The Morgan fingerprint density at radius 1 is 1.09 bits per heavy atom. The van der Waals surface area contributed by atoms with E-state index in [0.717, 1.165) is 12.1 Å². The third kappa shape index (κ3) is 6.16. The Morgan fingerprint density at radius 3 is 2.36 bits per heavy atom. The first-order chi connectivity index (χ1) is 15.7. The number of anilines is 1. The van der Waals surface area contributed by atoms with E-state index in [9.17, 15) is 28.6 Å². The van der Waals surface area contributed by atoms with Gasteiger partial charge in [0.2, 0.25) is 0 Å². The van der Waals surface area contributed by atoms with Gasteiger partial charge < -0.3 is 9.50 Å². The van der Waals surface area contributed by atoms with E-state index >= 15 is 0 Å². The van der Waals surface area contributed by atoms with Crippen LogP contribution in [0.5, 0.6) is 5.75 Å². The Morgan fingerprint density at radius 2 is 1.76 bits per heavy atom. The average molecular weight is 484 g/mol. The zero-order valence-electron chi connectivity index (χ0n) is 16.6. The second-order valence-corrected chi connectivity index (χ2v) is 8.47. The number of nitriles is 1. The second kappa shape index (κ2) is 9.95. The van der Waals surface area contributed by atoms with Crippen molar-refractivity contribution in [1.82, 2.24) is 0 Å². The predicted molar refractivity (Wildman–Crippen MR) is 121 cm³/mol. The summed E-state index contributed by atoms with van der Waals surface area (Å²) in [4.78, 5) is 22.1. The number of nitrogens with one attached hydrogen (secondary N) is 1. The molecule has 9 nitrogen and oxygen atoms in total. The summed E-state index contributed by atoms with van der Waals surface area (Å²) < 4.78 is 29.8. The number of benzene rings is 3. The number of nitro groups is 1. The van der Waals surface area contributed by atoms with Crippen LogP contribution in [0.3, 0.4) is 0 Å². The van der Waals surface area contributed by atoms with Crippen LogP contribution in [0.1, 0.15) is 5.56 Å². The number of nitrogens with zero attached hydrogens (tertiary/aromatic N) is 2. The number of hydrogen-bond donors (Lipinski definition) is 1. The Hall–Kier alpha value is -4.20. The maximum absolute atomic E-state index is 12.4. The van der Waals surface area contributed by atoms with Crippen LogP contribution >= 0.6 is 11.6 Å². The van der Waals surface area contributed by atoms with Crippen molar-refractivity contribution in [3.05, 3.63) is 99.1 Å². The van der Waals surface area contributed by atoms with E-state index < -0.39 is 20.9 Å². The highest BCUT2D eigenvalue weighted by Crippen LogP contribution is 2.23. The van der Waals surface area contributed by atoms with Crippen LogP contribution in [0.15, 0.2) is 83.3 Å². The number of non-ortho nitro benzene ring substituents is 1. The van der Waals surface area contributed by atoms with Gasteiger partial charge in [0.25, 0.3) is 11.6 Å². The molecule has 166 valence electrons. The summed E-state index contributed by atoms with van der Waals surface area (Å²) in [7, 11) is -4.31. The molecule has 3 rings (SSSR count). The van der Waals surface area contributed by atoms with Crippen LogP contribution in [0.2, 0.25) is 5.02 Å². The standard InChI is InChI=1S/C22H14ClN3O6S/c23-17-6-8-18(9-7-17)25-22(27)16(14-24)12-15-4-10-20(11-5-15)32-33(30,31)21-3-1-2-19(13-21)26(28)29/h1-13H,(H,25,27)/b16-12-. The molecule has 0 fully saturated rings. The Kier molecular flexibility index (Phi) is 7.07. The minimum Gasteiger partial charge on any atom is -0.379 e. The first kappa shape index (κ1) is 23.5. The van der Waals surface area contributed by atoms with Crippen molar-refractivity contribution in [2.24, 2.45) is 0 Å². The summed E-state index contributed by atoms with van der Waals surface area (Å²) in [5.74, 6) is -0.684. The number of carbonyl (C=O) groups excluding carboxylic acids is 1. The molecule has 33 heavy (non-hydrogen) atoms. The molecule has 3 aromatic rings. The number of amides is 1. The Balaban J connectivity index is 1.74. The van der Waals surface area contributed by atoms with Crippen molar-refractivity contribution >= 4 is 45.1 Å². The summed E-state index contributed by atoms with van der Waals surface area (Å²) >= 11 is 5.80. The lowest BCUT2D eigenvalue weighted by molar-refractivity contribution is -0.385. The van der Waals surface area contributed by atoms with Crippen LogP contribution in [0.4, 0.5) is 11.4 Å².